The molecule has 0 heterocycles. The summed E-state index contributed by atoms with van der Waals surface area (Å²) in [6, 6.07) is 10.0. The van der Waals surface area contributed by atoms with E-state index in [0.717, 1.165) is 48.5 Å². The molecule has 4 aromatic rings. The first-order valence-electron chi connectivity index (χ1n) is 12.3. The van der Waals surface area contributed by atoms with Gasteiger partial charge in [0, 0.05) is 10.0 Å². The van der Waals surface area contributed by atoms with Gasteiger partial charge >= 0.3 is 20.6 Å². The van der Waals surface area contributed by atoms with Gasteiger partial charge in [0.25, 0.3) is 20.0 Å². The van der Waals surface area contributed by atoms with Gasteiger partial charge in [-0.25, -0.2) is 21.4 Å². The lowest BCUT2D eigenvalue weighted by atomic mass is 10.2. The first-order valence-corrected chi connectivity index (χ1v) is 18.0. The summed E-state index contributed by atoms with van der Waals surface area (Å²) in [5.41, 5.74) is -3.85. The quantitative estimate of drug-likeness (QED) is 0.121. The zero-order valence-electron chi connectivity index (χ0n) is 22.9. The minimum atomic E-state index is -4.99. The lowest BCUT2D eigenvalue weighted by Crippen LogP contribution is -2.16. The van der Waals surface area contributed by atoms with E-state index in [4.69, 9.17) is 55.5 Å². The van der Waals surface area contributed by atoms with Gasteiger partial charge < -0.3 is 9.05 Å². The number of hydrogen-bond acceptors (Lipinski definition) is 7. The van der Waals surface area contributed by atoms with Crippen molar-refractivity contribution < 1.29 is 56.8 Å². The molecule has 0 unspecified atom stereocenters. The molecule has 0 saturated carbocycles. The normalized spacial score (nSPS) is 12.6. The van der Waals surface area contributed by atoms with Gasteiger partial charge in [-0.05, 0) is 72.8 Å². The van der Waals surface area contributed by atoms with Crippen molar-refractivity contribution in [1.29, 1.82) is 0 Å². The van der Waals surface area contributed by atoms with E-state index in [1.807, 2.05) is 9.44 Å². The fourth-order valence-electron chi connectivity index (χ4n) is 3.73. The van der Waals surface area contributed by atoms with Crippen molar-refractivity contribution in [2.75, 3.05) is 9.44 Å². The highest BCUT2D eigenvalue weighted by Gasteiger charge is 2.36. The summed E-state index contributed by atoms with van der Waals surface area (Å²) in [5, 5.41) is -1.69. The zero-order valence-corrected chi connectivity index (χ0v) is 28.5. The standard InChI is InChI=1S/C26H15Cl4F6N2O7PS2/c27-13-1-7-23(21(9-13)37-47(40,41)15-3-5-19(29)17(11-15)25(31,32)33)44-46(39)45-24-8-2-14(28)10-22(24)38-48(42,43)16-4-6-20(30)18(12-16)26(34,35)36/h1-12,37-38,46H. The van der Waals surface area contributed by atoms with Gasteiger partial charge in [-0.3, -0.25) is 9.44 Å². The van der Waals surface area contributed by atoms with Gasteiger partial charge in [0.15, 0.2) is 11.5 Å². The van der Waals surface area contributed by atoms with Crippen molar-refractivity contribution in [2.24, 2.45) is 0 Å². The van der Waals surface area contributed by atoms with Crippen LogP contribution in [0.5, 0.6) is 11.5 Å². The van der Waals surface area contributed by atoms with E-state index in [1.54, 1.807) is 0 Å². The highest BCUT2D eigenvalue weighted by atomic mass is 35.5. The van der Waals surface area contributed by atoms with E-state index in [0.29, 0.717) is 12.1 Å². The summed E-state index contributed by atoms with van der Waals surface area (Å²) in [6.45, 7) is 0. The number of rotatable bonds is 10. The third-order valence-electron chi connectivity index (χ3n) is 5.87. The van der Waals surface area contributed by atoms with Crippen molar-refractivity contribution in [2.45, 2.75) is 22.1 Å². The van der Waals surface area contributed by atoms with Gasteiger partial charge in [-0.15, -0.1) is 0 Å². The summed E-state index contributed by atoms with van der Waals surface area (Å²) in [7, 11) is -13.3. The van der Waals surface area contributed by atoms with Gasteiger partial charge in [-0.1, -0.05) is 46.4 Å². The van der Waals surface area contributed by atoms with E-state index in [1.165, 1.54) is 12.1 Å². The highest BCUT2D eigenvalue weighted by Crippen LogP contribution is 2.42. The maximum Gasteiger partial charge on any atom is 0.419 e. The molecule has 0 spiro atoms. The van der Waals surface area contributed by atoms with E-state index in [2.05, 4.69) is 0 Å². The van der Waals surface area contributed by atoms with Crippen LogP contribution in [0.2, 0.25) is 20.1 Å². The van der Waals surface area contributed by atoms with Gasteiger partial charge in [-0.2, -0.15) is 26.3 Å². The maximum atomic E-state index is 13.3. The van der Waals surface area contributed by atoms with Crippen LogP contribution in [-0.2, 0) is 37.0 Å². The Bertz CT molecular complexity index is 1990. The topological polar surface area (TPSA) is 128 Å². The molecule has 4 aromatic carbocycles. The van der Waals surface area contributed by atoms with Crippen LogP contribution in [-0.4, -0.2) is 16.8 Å². The Morgan fingerprint density at radius 3 is 1.25 bits per heavy atom. The Morgan fingerprint density at radius 1 is 0.562 bits per heavy atom. The molecule has 258 valence electrons. The Balaban J connectivity index is 1.60. The van der Waals surface area contributed by atoms with Crippen LogP contribution >= 0.6 is 54.7 Å². The van der Waals surface area contributed by atoms with Crippen LogP contribution in [0.1, 0.15) is 11.1 Å². The molecule has 0 radical (unpaired) electrons. The Kier molecular flexibility index (Phi) is 11.1. The van der Waals surface area contributed by atoms with Crippen molar-refractivity contribution in [3.05, 3.63) is 104 Å². The number of halogens is 10. The van der Waals surface area contributed by atoms with Crippen LogP contribution in [0.4, 0.5) is 37.7 Å². The van der Waals surface area contributed by atoms with Crippen molar-refractivity contribution in [3.8, 4) is 11.5 Å². The Hall–Kier alpha value is -3.05. The first kappa shape index (κ1) is 37.8. The SMILES string of the molecule is O=[PH](Oc1ccc(Cl)cc1NS(=O)(=O)c1ccc(Cl)c(C(F)(F)F)c1)Oc1ccc(Cl)cc1NS(=O)(=O)c1ccc(Cl)c(C(F)(F)F)c1. The average molecular weight is 818 g/mol. The monoisotopic (exact) mass is 816 g/mol. The lowest BCUT2D eigenvalue weighted by molar-refractivity contribution is -0.138. The number of alkyl halides is 6. The minimum absolute atomic E-state index is 0.0852. The third-order valence-corrected chi connectivity index (χ3v) is 10.5. The van der Waals surface area contributed by atoms with Crippen LogP contribution in [0.15, 0.2) is 82.6 Å². The highest BCUT2D eigenvalue weighted by molar-refractivity contribution is 7.93. The first-order chi connectivity index (χ1) is 22.1. The molecule has 0 atom stereocenters. The Labute approximate surface area is 288 Å². The second kappa shape index (κ2) is 14.1. The molecule has 0 saturated heterocycles. The van der Waals surface area contributed by atoms with Crippen LogP contribution in [0.3, 0.4) is 0 Å². The van der Waals surface area contributed by atoms with Crippen molar-refractivity contribution >= 4 is 86.1 Å². The van der Waals surface area contributed by atoms with Crippen LogP contribution < -0.4 is 18.5 Å². The second-order valence-electron chi connectivity index (χ2n) is 9.22. The molecule has 0 aliphatic carbocycles. The Morgan fingerprint density at radius 2 is 0.917 bits per heavy atom. The van der Waals surface area contributed by atoms with E-state index in [-0.39, 0.29) is 10.0 Å². The largest absolute Gasteiger partial charge is 0.419 e. The number of benzene rings is 4. The molecule has 4 rings (SSSR count). The number of sulfonamides is 2. The summed E-state index contributed by atoms with van der Waals surface area (Å²) in [4.78, 5) is -1.70. The fraction of sp³-hybridized carbons (Fsp3) is 0.0769. The molecule has 0 aromatic heterocycles. The molecule has 0 fully saturated rings. The van der Waals surface area contributed by atoms with Crippen molar-refractivity contribution in [3.63, 3.8) is 0 Å². The molecule has 48 heavy (non-hydrogen) atoms. The van der Waals surface area contributed by atoms with Gasteiger partial charge in [0.2, 0.25) is 0 Å². The molecule has 0 bridgehead atoms. The summed E-state index contributed by atoms with van der Waals surface area (Å²) < 4.78 is 159. The predicted octanol–water partition coefficient (Wildman–Crippen LogP) is 9.79. The maximum absolute atomic E-state index is 13.3. The number of hydrogen-bond donors (Lipinski definition) is 2. The van der Waals surface area contributed by atoms with E-state index in [9.17, 15) is 47.7 Å². The third kappa shape index (κ3) is 9.14. The summed E-state index contributed by atoms with van der Waals surface area (Å²) >= 11 is 23.0. The van der Waals surface area contributed by atoms with Crippen molar-refractivity contribution in [1.82, 2.24) is 0 Å². The van der Waals surface area contributed by atoms with Crippen LogP contribution in [0.25, 0.3) is 0 Å². The van der Waals surface area contributed by atoms with E-state index >= 15 is 0 Å². The molecule has 2 N–H and O–H groups in total. The molecule has 0 aliphatic rings. The minimum Gasteiger partial charge on any atom is -0.416 e. The molecule has 22 heteroatoms. The molecule has 0 aliphatic heterocycles. The smallest absolute Gasteiger partial charge is 0.416 e. The van der Waals surface area contributed by atoms with Gasteiger partial charge in [0.05, 0.1) is 42.3 Å². The van der Waals surface area contributed by atoms with E-state index < -0.39 is 94.5 Å². The summed E-state index contributed by atoms with van der Waals surface area (Å²) in [5.74, 6) is -0.984. The molecule has 0 amide bonds. The molecule has 9 nitrogen and oxygen atoms in total. The second-order valence-corrected chi connectivity index (χ2v) is 15.2. The molecular weight excluding hydrogens is 803 g/mol. The number of nitrogens with one attached hydrogen (secondary N) is 2. The fourth-order valence-corrected chi connectivity index (χ4v) is 7.45. The van der Waals surface area contributed by atoms with Crippen LogP contribution in [0, 0.1) is 0 Å². The molecular formula is C26H15Cl4F6N2O7PS2. The lowest BCUT2D eigenvalue weighted by Gasteiger charge is -2.17. The summed E-state index contributed by atoms with van der Waals surface area (Å²) in [6.07, 6.45) is -9.97. The zero-order chi connectivity index (χ0) is 35.8. The van der Waals surface area contributed by atoms with Gasteiger partial charge in [0.1, 0.15) is 0 Å². The number of anilines is 2. The average Bonchev–Trinajstić information content (AvgIpc) is 2.94. The predicted molar refractivity (Wildman–Crippen MR) is 168 cm³/mol.